The molecule has 7 nitrogen and oxygen atoms in total. The van der Waals surface area contributed by atoms with Crippen LogP contribution in [0.1, 0.15) is 11.4 Å². The van der Waals surface area contributed by atoms with Gasteiger partial charge >= 0.3 is 0 Å². The van der Waals surface area contributed by atoms with Gasteiger partial charge in [-0.2, -0.15) is 10.5 Å². The first-order chi connectivity index (χ1) is 8.67. The third-order valence-electron chi connectivity index (χ3n) is 2.32. The van der Waals surface area contributed by atoms with Crippen molar-refractivity contribution in [2.24, 2.45) is 0 Å². The highest BCUT2D eigenvalue weighted by Gasteiger charge is 2.15. The molecule has 0 bridgehead atoms. The molecule has 1 aromatic carbocycles. The molecular formula is C11H5N5O2. The van der Waals surface area contributed by atoms with Gasteiger partial charge in [-0.1, -0.05) is 0 Å². The third kappa shape index (κ3) is 1.77. The molecule has 7 heteroatoms. The highest BCUT2D eigenvalue weighted by molar-refractivity contribution is 5.54. The van der Waals surface area contributed by atoms with E-state index >= 15 is 0 Å². The highest BCUT2D eigenvalue weighted by Crippen LogP contribution is 2.21. The zero-order chi connectivity index (χ0) is 13.1. The molecule has 1 aromatic heterocycles. The number of rotatable bonds is 2. The van der Waals surface area contributed by atoms with Crippen LogP contribution in [0.25, 0.3) is 5.69 Å². The van der Waals surface area contributed by atoms with Crippen molar-refractivity contribution in [1.82, 2.24) is 9.55 Å². The standard InChI is InChI=1S/C11H5N5O2/c12-6-8-5-9(1-2-10(8)16(17)18)15-4-3-14-11(15)7-13/h1-5H. The third-order valence-corrected chi connectivity index (χ3v) is 2.32. The van der Waals surface area contributed by atoms with Crippen LogP contribution in [0, 0.1) is 32.8 Å². The average Bonchev–Trinajstić information content (AvgIpc) is 2.86. The Bertz CT molecular complexity index is 705. The van der Waals surface area contributed by atoms with E-state index in [1.807, 2.05) is 6.07 Å². The molecule has 2 aromatic rings. The number of benzene rings is 1. The number of nitro benzene ring substituents is 1. The minimum absolute atomic E-state index is 0.0601. The van der Waals surface area contributed by atoms with Crippen LogP contribution >= 0.6 is 0 Å². The van der Waals surface area contributed by atoms with Crippen LogP contribution in [0.3, 0.4) is 0 Å². The van der Waals surface area contributed by atoms with E-state index in [1.54, 1.807) is 12.3 Å². The van der Waals surface area contributed by atoms with E-state index < -0.39 is 4.92 Å². The molecule has 1 heterocycles. The molecule has 18 heavy (non-hydrogen) atoms. The lowest BCUT2D eigenvalue weighted by Crippen LogP contribution is -1.99. The second-order valence-corrected chi connectivity index (χ2v) is 3.30. The fourth-order valence-electron chi connectivity index (χ4n) is 1.52. The van der Waals surface area contributed by atoms with Gasteiger partial charge in [-0.15, -0.1) is 0 Å². The predicted molar refractivity (Wildman–Crippen MR) is 59.6 cm³/mol. The largest absolute Gasteiger partial charge is 0.291 e. The molecule has 0 spiro atoms. The van der Waals surface area contributed by atoms with Gasteiger partial charge in [-0.25, -0.2) is 4.98 Å². The maximum atomic E-state index is 10.7. The Morgan fingerprint density at radius 2 is 2.11 bits per heavy atom. The van der Waals surface area contributed by atoms with Crippen molar-refractivity contribution in [2.45, 2.75) is 0 Å². The number of nitriles is 2. The van der Waals surface area contributed by atoms with E-state index in [4.69, 9.17) is 10.5 Å². The molecule has 0 saturated heterocycles. The lowest BCUT2D eigenvalue weighted by molar-refractivity contribution is -0.385. The Morgan fingerprint density at radius 1 is 1.33 bits per heavy atom. The number of imidazole rings is 1. The fraction of sp³-hybridized carbons (Fsp3) is 0. The van der Waals surface area contributed by atoms with Gasteiger partial charge in [0.05, 0.1) is 4.92 Å². The monoisotopic (exact) mass is 239 g/mol. The summed E-state index contributed by atoms with van der Waals surface area (Å²) in [7, 11) is 0. The number of hydrogen-bond acceptors (Lipinski definition) is 5. The average molecular weight is 239 g/mol. The van der Waals surface area contributed by atoms with Gasteiger partial charge in [0.2, 0.25) is 5.82 Å². The maximum Gasteiger partial charge on any atom is 0.287 e. The molecule has 0 aliphatic heterocycles. The second-order valence-electron chi connectivity index (χ2n) is 3.30. The predicted octanol–water partition coefficient (Wildman–Crippen LogP) is 1.52. The quantitative estimate of drug-likeness (QED) is 0.583. The molecule has 0 N–H and O–H groups in total. The minimum Gasteiger partial charge on any atom is -0.291 e. The number of hydrogen-bond donors (Lipinski definition) is 0. The minimum atomic E-state index is -0.624. The first kappa shape index (κ1) is 11.3. The topological polar surface area (TPSA) is 109 Å². The van der Waals surface area contributed by atoms with Gasteiger partial charge in [0.15, 0.2) is 0 Å². The van der Waals surface area contributed by atoms with Crippen LogP contribution in [0.15, 0.2) is 30.6 Å². The van der Waals surface area contributed by atoms with E-state index in [0.29, 0.717) is 5.69 Å². The summed E-state index contributed by atoms with van der Waals surface area (Å²) in [6, 6.07) is 7.68. The molecule has 0 atom stereocenters. The van der Waals surface area contributed by atoms with Crippen molar-refractivity contribution in [3.8, 4) is 17.8 Å². The maximum absolute atomic E-state index is 10.7. The molecule has 0 radical (unpaired) electrons. The van der Waals surface area contributed by atoms with Gasteiger partial charge in [-0.3, -0.25) is 14.7 Å². The molecule has 2 rings (SSSR count). The summed E-state index contributed by atoms with van der Waals surface area (Å²) in [6.45, 7) is 0. The highest BCUT2D eigenvalue weighted by atomic mass is 16.6. The van der Waals surface area contributed by atoms with Gasteiger partial charge in [0.1, 0.15) is 17.7 Å². The second kappa shape index (κ2) is 4.36. The normalized spacial score (nSPS) is 9.44. The van der Waals surface area contributed by atoms with E-state index in [1.165, 1.54) is 29.0 Å². The van der Waals surface area contributed by atoms with Crippen LogP contribution < -0.4 is 0 Å². The van der Waals surface area contributed by atoms with Crippen molar-refractivity contribution in [1.29, 1.82) is 10.5 Å². The zero-order valence-corrected chi connectivity index (χ0v) is 8.94. The first-order valence-electron chi connectivity index (χ1n) is 4.79. The molecule has 0 aliphatic rings. The first-order valence-corrected chi connectivity index (χ1v) is 4.79. The molecule has 0 amide bonds. The molecule has 0 aliphatic carbocycles. The molecule has 0 unspecified atom stereocenters. The fourth-order valence-corrected chi connectivity index (χ4v) is 1.52. The Balaban J connectivity index is 2.60. The van der Waals surface area contributed by atoms with E-state index in [9.17, 15) is 10.1 Å². The summed E-state index contributed by atoms with van der Waals surface area (Å²) in [4.78, 5) is 13.9. The Morgan fingerprint density at radius 3 is 2.72 bits per heavy atom. The van der Waals surface area contributed by atoms with Crippen molar-refractivity contribution in [3.63, 3.8) is 0 Å². The summed E-state index contributed by atoms with van der Waals surface area (Å²) in [5.74, 6) is 0.146. The molecule has 0 fully saturated rings. The number of nitrogens with zero attached hydrogens (tertiary/aromatic N) is 5. The van der Waals surface area contributed by atoms with Crippen LogP contribution in [0.5, 0.6) is 0 Å². The van der Waals surface area contributed by atoms with Gasteiger partial charge in [0.25, 0.3) is 5.69 Å². The van der Waals surface area contributed by atoms with Crippen LogP contribution in [-0.4, -0.2) is 14.5 Å². The van der Waals surface area contributed by atoms with E-state index in [2.05, 4.69) is 4.98 Å². The summed E-state index contributed by atoms with van der Waals surface area (Å²) in [6.07, 6.45) is 2.98. The molecule has 0 saturated carbocycles. The van der Waals surface area contributed by atoms with Crippen molar-refractivity contribution in [2.75, 3.05) is 0 Å². The van der Waals surface area contributed by atoms with Crippen molar-refractivity contribution < 1.29 is 4.92 Å². The van der Waals surface area contributed by atoms with E-state index in [-0.39, 0.29) is 17.1 Å². The van der Waals surface area contributed by atoms with Gasteiger partial charge < -0.3 is 0 Å². The van der Waals surface area contributed by atoms with Crippen molar-refractivity contribution >= 4 is 5.69 Å². The summed E-state index contributed by atoms with van der Waals surface area (Å²) < 4.78 is 1.45. The van der Waals surface area contributed by atoms with Crippen molar-refractivity contribution in [3.05, 3.63) is 52.1 Å². The summed E-state index contributed by atoms with van der Waals surface area (Å²) in [5, 5.41) is 28.4. The van der Waals surface area contributed by atoms with Crippen LogP contribution in [0.4, 0.5) is 5.69 Å². The number of aromatic nitrogens is 2. The SMILES string of the molecule is N#Cc1cc(-n2ccnc2C#N)ccc1[N+](=O)[O-]. The number of nitro groups is 1. The Kier molecular flexibility index (Phi) is 2.73. The zero-order valence-electron chi connectivity index (χ0n) is 8.94. The summed E-state index contributed by atoms with van der Waals surface area (Å²) >= 11 is 0. The van der Waals surface area contributed by atoms with Gasteiger partial charge in [0, 0.05) is 24.1 Å². The Hall–Kier alpha value is -3.19. The van der Waals surface area contributed by atoms with E-state index in [0.717, 1.165) is 0 Å². The smallest absolute Gasteiger partial charge is 0.287 e. The lowest BCUT2D eigenvalue weighted by Gasteiger charge is -2.03. The van der Waals surface area contributed by atoms with Gasteiger partial charge in [-0.05, 0) is 12.1 Å². The van der Waals surface area contributed by atoms with Crippen LogP contribution in [-0.2, 0) is 0 Å². The summed E-state index contributed by atoms with van der Waals surface area (Å²) in [5.41, 5.74) is 0.154. The molecule has 86 valence electrons. The van der Waals surface area contributed by atoms with Crippen LogP contribution in [0.2, 0.25) is 0 Å². The molecular weight excluding hydrogens is 234 g/mol. The Labute approximate surface area is 101 Å². The lowest BCUT2D eigenvalue weighted by atomic mass is 10.1.